The number of methoxy groups -OCH3 is 2. The summed E-state index contributed by atoms with van der Waals surface area (Å²) in [5.74, 6) is 1.79. The first-order valence-corrected chi connectivity index (χ1v) is 6.88. The highest BCUT2D eigenvalue weighted by molar-refractivity contribution is 5.52. The smallest absolute Gasteiger partial charge is 0.124 e. The minimum atomic E-state index is -0.241. The van der Waals surface area contributed by atoms with Gasteiger partial charge < -0.3 is 15.2 Å². The lowest BCUT2D eigenvalue weighted by Crippen LogP contribution is -2.43. The zero-order valence-corrected chi connectivity index (χ0v) is 12.7. The standard InChI is InChI=1S/C16H25NO2/c1-15(2,3)11-9-14(19-5)12(10-13(11)18-4)16(17)7-6-8-16/h9-10H,6-8,17H2,1-5H3. The first-order chi connectivity index (χ1) is 8.81. The summed E-state index contributed by atoms with van der Waals surface area (Å²) in [6.45, 7) is 6.52. The predicted molar refractivity (Wildman–Crippen MR) is 78.0 cm³/mol. The molecular formula is C16H25NO2. The van der Waals surface area contributed by atoms with Gasteiger partial charge in [0.05, 0.1) is 14.2 Å². The third-order valence-electron chi connectivity index (χ3n) is 4.11. The second kappa shape index (κ2) is 4.71. The summed E-state index contributed by atoms with van der Waals surface area (Å²) in [5, 5.41) is 0. The van der Waals surface area contributed by atoms with E-state index in [4.69, 9.17) is 15.2 Å². The van der Waals surface area contributed by atoms with Crippen molar-refractivity contribution in [3.63, 3.8) is 0 Å². The van der Waals surface area contributed by atoms with Crippen molar-refractivity contribution in [1.82, 2.24) is 0 Å². The molecule has 1 aliphatic carbocycles. The van der Waals surface area contributed by atoms with Gasteiger partial charge in [-0.25, -0.2) is 0 Å². The van der Waals surface area contributed by atoms with E-state index in [1.54, 1.807) is 14.2 Å². The van der Waals surface area contributed by atoms with E-state index in [1.165, 1.54) is 6.42 Å². The van der Waals surface area contributed by atoms with Crippen LogP contribution >= 0.6 is 0 Å². The summed E-state index contributed by atoms with van der Waals surface area (Å²) in [7, 11) is 3.42. The molecule has 19 heavy (non-hydrogen) atoms. The molecule has 0 aromatic heterocycles. The van der Waals surface area contributed by atoms with E-state index in [-0.39, 0.29) is 11.0 Å². The molecule has 3 heteroatoms. The average Bonchev–Trinajstić information content (AvgIpc) is 2.33. The number of benzene rings is 1. The molecule has 1 aromatic carbocycles. The fourth-order valence-electron chi connectivity index (χ4n) is 2.70. The van der Waals surface area contributed by atoms with E-state index in [0.717, 1.165) is 35.5 Å². The van der Waals surface area contributed by atoms with E-state index >= 15 is 0 Å². The fourth-order valence-corrected chi connectivity index (χ4v) is 2.70. The van der Waals surface area contributed by atoms with Gasteiger partial charge in [0.15, 0.2) is 0 Å². The summed E-state index contributed by atoms with van der Waals surface area (Å²) in [6, 6.07) is 4.15. The molecule has 0 heterocycles. The molecular weight excluding hydrogens is 238 g/mol. The van der Waals surface area contributed by atoms with Crippen LogP contribution in [0.2, 0.25) is 0 Å². The molecule has 1 aromatic rings. The van der Waals surface area contributed by atoms with Gasteiger partial charge in [-0.1, -0.05) is 20.8 Å². The minimum Gasteiger partial charge on any atom is -0.496 e. The van der Waals surface area contributed by atoms with E-state index in [2.05, 4.69) is 32.9 Å². The molecule has 0 unspecified atom stereocenters. The summed E-state index contributed by atoms with van der Waals surface area (Å²) >= 11 is 0. The van der Waals surface area contributed by atoms with E-state index in [0.29, 0.717) is 0 Å². The third kappa shape index (κ3) is 2.44. The average molecular weight is 263 g/mol. The highest BCUT2D eigenvalue weighted by Crippen LogP contribution is 2.46. The Morgan fingerprint density at radius 2 is 1.63 bits per heavy atom. The van der Waals surface area contributed by atoms with Crippen LogP contribution in [-0.4, -0.2) is 14.2 Å². The van der Waals surface area contributed by atoms with Gasteiger partial charge in [-0.15, -0.1) is 0 Å². The molecule has 1 saturated carbocycles. The van der Waals surface area contributed by atoms with Gasteiger partial charge >= 0.3 is 0 Å². The van der Waals surface area contributed by atoms with Crippen LogP contribution in [0.15, 0.2) is 12.1 Å². The Morgan fingerprint density at radius 3 is 2.00 bits per heavy atom. The molecule has 2 N–H and O–H groups in total. The monoisotopic (exact) mass is 263 g/mol. The Hall–Kier alpha value is -1.22. The Bertz CT molecular complexity index is 470. The van der Waals surface area contributed by atoms with E-state index in [9.17, 15) is 0 Å². The first-order valence-electron chi connectivity index (χ1n) is 6.88. The van der Waals surface area contributed by atoms with Crippen LogP contribution in [0.25, 0.3) is 0 Å². The lowest BCUT2D eigenvalue weighted by molar-refractivity contribution is 0.242. The van der Waals surface area contributed by atoms with Crippen LogP contribution in [0.4, 0.5) is 0 Å². The van der Waals surface area contributed by atoms with Crippen LogP contribution in [0, 0.1) is 0 Å². The van der Waals surface area contributed by atoms with Crippen molar-refractivity contribution in [3.05, 3.63) is 23.3 Å². The molecule has 0 atom stereocenters. The Balaban J connectivity index is 2.57. The Kier molecular flexibility index (Phi) is 3.52. The van der Waals surface area contributed by atoms with Crippen molar-refractivity contribution in [3.8, 4) is 11.5 Å². The van der Waals surface area contributed by atoms with Crippen LogP contribution in [0.1, 0.15) is 51.2 Å². The van der Waals surface area contributed by atoms with Gasteiger partial charge in [0.1, 0.15) is 11.5 Å². The van der Waals surface area contributed by atoms with Crippen molar-refractivity contribution in [2.24, 2.45) is 5.73 Å². The van der Waals surface area contributed by atoms with Crippen LogP contribution < -0.4 is 15.2 Å². The van der Waals surface area contributed by atoms with Crippen LogP contribution in [0.3, 0.4) is 0 Å². The van der Waals surface area contributed by atoms with Gasteiger partial charge in [0, 0.05) is 16.7 Å². The first kappa shape index (κ1) is 14.2. The van der Waals surface area contributed by atoms with Crippen molar-refractivity contribution in [1.29, 1.82) is 0 Å². The van der Waals surface area contributed by atoms with Crippen LogP contribution in [-0.2, 0) is 11.0 Å². The number of hydrogen-bond donors (Lipinski definition) is 1. The summed E-state index contributed by atoms with van der Waals surface area (Å²) in [6.07, 6.45) is 3.21. The summed E-state index contributed by atoms with van der Waals surface area (Å²) in [4.78, 5) is 0. The van der Waals surface area contributed by atoms with Gasteiger partial charge in [-0.05, 0) is 36.8 Å². The van der Waals surface area contributed by atoms with Crippen molar-refractivity contribution in [2.75, 3.05) is 14.2 Å². The molecule has 2 rings (SSSR count). The Morgan fingerprint density at radius 1 is 1.05 bits per heavy atom. The Labute approximate surface area is 116 Å². The van der Waals surface area contributed by atoms with Gasteiger partial charge in [-0.2, -0.15) is 0 Å². The van der Waals surface area contributed by atoms with Crippen LogP contribution in [0.5, 0.6) is 11.5 Å². The largest absolute Gasteiger partial charge is 0.496 e. The molecule has 0 bridgehead atoms. The highest BCUT2D eigenvalue weighted by atomic mass is 16.5. The van der Waals surface area contributed by atoms with Gasteiger partial charge in [-0.3, -0.25) is 0 Å². The summed E-state index contributed by atoms with van der Waals surface area (Å²) < 4.78 is 11.1. The van der Waals surface area contributed by atoms with E-state index < -0.39 is 0 Å². The predicted octanol–water partition coefficient (Wildman–Crippen LogP) is 3.34. The summed E-state index contributed by atoms with van der Waals surface area (Å²) in [5.41, 5.74) is 8.45. The molecule has 3 nitrogen and oxygen atoms in total. The molecule has 0 aliphatic heterocycles. The quantitative estimate of drug-likeness (QED) is 0.909. The van der Waals surface area contributed by atoms with E-state index in [1.807, 2.05) is 0 Å². The number of hydrogen-bond acceptors (Lipinski definition) is 3. The van der Waals surface area contributed by atoms with Gasteiger partial charge in [0.25, 0.3) is 0 Å². The number of nitrogens with two attached hydrogens (primary N) is 1. The molecule has 0 spiro atoms. The molecule has 0 radical (unpaired) electrons. The normalized spacial score (nSPS) is 17.8. The molecule has 0 amide bonds. The zero-order chi connectivity index (χ0) is 14.3. The highest BCUT2D eigenvalue weighted by Gasteiger charge is 2.38. The van der Waals surface area contributed by atoms with Gasteiger partial charge in [0.2, 0.25) is 0 Å². The zero-order valence-electron chi connectivity index (χ0n) is 12.7. The van der Waals surface area contributed by atoms with Crippen molar-refractivity contribution < 1.29 is 9.47 Å². The number of ether oxygens (including phenoxy) is 2. The topological polar surface area (TPSA) is 44.5 Å². The maximum absolute atomic E-state index is 6.45. The lowest BCUT2D eigenvalue weighted by atomic mass is 9.71. The SMILES string of the molecule is COc1cc(C2(N)CCC2)c(OC)cc1C(C)(C)C. The third-order valence-corrected chi connectivity index (χ3v) is 4.11. The van der Waals surface area contributed by atoms with Crippen molar-refractivity contribution >= 4 is 0 Å². The maximum atomic E-state index is 6.45. The lowest BCUT2D eigenvalue weighted by Gasteiger charge is -2.40. The molecule has 0 saturated heterocycles. The van der Waals surface area contributed by atoms with Crippen molar-refractivity contribution in [2.45, 2.75) is 51.0 Å². The fraction of sp³-hybridized carbons (Fsp3) is 0.625. The second-order valence-electron chi connectivity index (χ2n) is 6.51. The second-order valence-corrected chi connectivity index (χ2v) is 6.51. The molecule has 1 fully saturated rings. The molecule has 1 aliphatic rings. The number of rotatable bonds is 3. The molecule has 106 valence electrons. The minimum absolute atomic E-state index is 0.0124. The maximum Gasteiger partial charge on any atom is 0.124 e.